The van der Waals surface area contributed by atoms with Crippen LogP contribution in [0.5, 0.6) is 0 Å². The van der Waals surface area contributed by atoms with Gasteiger partial charge in [-0.2, -0.15) is 4.99 Å². The summed E-state index contributed by atoms with van der Waals surface area (Å²) in [6.07, 6.45) is 0.310. The molecule has 0 saturated heterocycles. The normalized spacial score (nSPS) is 11.1. The molecule has 0 atom stereocenters. The molecule has 90 valence electrons. The van der Waals surface area contributed by atoms with Crippen LogP contribution in [0.15, 0.2) is 22.1 Å². The fourth-order valence-electron chi connectivity index (χ4n) is 1.04. The van der Waals surface area contributed by atoms with Gasteiger partial charge in [0.25, 0.3) is 0 Å². The maximum absolute atomic E-state index is 13.3. The third kappa shape index (κ3) is 2.97. The van der Waals surface area contributed by atoms with Gasteiger partial charge in [0, 0.05) is 5.56 Å². The van der Waals surface area contributed by atoms with Gasteiger partial charge in [-0.1, -0.05) is 0 Å². The largest absolute Gasteiger partial charge is 0.370 e. The molecule has 0 saturated carbocycles. The standard InChI is InChI=1S/C9H9F2N5O/c10-5-2-1-4(3-17)7(6(5)11)15-9(14)16-8(12)13/h1-3H,(H6,12,13,14,15,16). The van der Waals surface area contributed by atoms with Crippen LogP contribution in [-0.2, 0) is 0 Å². The zero-order chi connectivity index (χ0) is 13.0. The summed E-state index contributed by atoms with van der Waals surface area (Å²) in [4.78, 5) is 17.4. The minimum atomic E-state index is -1.30. The van der Waals surface area contributed by atoms with Crippen molar-refractivity contribution in [3.63, 3.8) is 0 Å². The summed E-state index contributed by atoms with van der Waals surface area (Å²) in [6, 6.07) is 1.86. The van der Waals surface area contributed by atoms with Gasteiger partial charge >= 0.3 is 0 Å². The first kappa shape index (κ1) is 12.6. The zero-order valence-corrected chi connectivity index (χ0v) is 8.52. The highest BCUT2D eigenvalue weighted by atomic mass is 19.2. The van der Waals surface area contributed by atoms with Crippen molar-refractivity contribution >= 4 is 23.9 Å². The second-order valence-corrected chi connectivity index (χ2v) is 2.92. The first-order valence-electron chi connectivity index (χ1n) is 4.32. The van der Waals surface area contributed by atoms with E-state index in [1.54, 1.807) is 0 Å². The van der Waals surface area contributed by atoms with Crippen LogP contribution in [0.3, 0.4) is 0 Å². The van der Waals surface area contributed by atoms with Crippen LogP contribution in [0.2, 0.25) is 0 Å². The highest BCUT2D eigenvalue weighted by Crippen LogP contribution is 2.24. The van der Waals surface area contributed by atoms with E-state index in [4.69, 9.17) is 17.2 Å². The molecule has 6 N–H and O–H groups in total. The predicted molar refractivity (Wildman–Crippen MR) is 58.8 cm³/mol. The van der Waals surface area contributed by atoms with Crippen LogP contribution in [0.4, 0.5) is 14.5 Å². The molecule has 8 heteroatoms. The number of aldehydes is 1. The third-order valence-electron chi connectivity index (χ3n) is 1.70. The van der Waals surface area contributed by atoms with Gasteiger partial charge < -0.3 is 17.2 Å². The van der Waals surface area contributed by atoms with E-state index in [0.717, 1.165) is 12.1 Å². The number of carbonyl (C=O) groups excluding carboxylic acids is 1. The number of hydrogen-bond donors (Lipinski definition) is 3. The fraction of sp³-hybridized carbons (Fsp3) is 0. The van der Waals surface area contributed by atoms with Gasteiger partial charge in [-0.25, -0.2) is 13.8 Å². The lowest BCUT2D eigenvalue weighted by Crippen LogP contribution is -2.26. The number of benzene rings is 1. The van der Waals surface area contributed by atoms with Crippen molar-refractivity contribution in [3.05, 3.63) is 29.3 Å². The molecule has 0 spiro atoms. The van der Waals surface area contributed by atoms with Crippen molar-refractivity contribution in [1.82, 2.24) is 0 Å². The summed E-state index contributed by atoms with van der Waals surface area (Å²) in [5, 5.41) is 0. The smallest absolute Gasteiger partial charge is 0.223 e. The van der Waals surface area contributed by atoms with Crippen LogP contribution in [0, 0.1) is 11.6 Å². The van der Waals surface area contributed by atoms with E-state index in [1.165, 1.54) is 0 Å². The van der Waals surface area contributed by atoms with E-state index in [-0.39, 0.29) is 5.56 Å². The van der Waals surface area contributed by atoms with Gasteiger partial charge in [0.05, 0.1) is 0 Å². The summed E-state index contributed by atoms with van der Waals surface area (Å²) < 4.78 is 26.3. The number of aliphatic imine (C=N–C) groups is 2. The minimum absolute atomic E-state index is 0.169. The maximum Gasteiger partial charge on any atom is 0.223 e. The Hall–Kier alpha value is -2.51. The van der Waals surface area contributed by atoms with Gasteiger partial charge in [0.1, 0.15) is 5.69 Å². The monoisotopic (exact) mass is 241 g/mol. The highest BCUT2D eigenvalue weighted by Gasteiger charge is 2.13. The van der Waals surface area contributed by atoms with Crippen LogP contribution < -0.4 is 17.2 Å². The van der Waals surface area contributed by atoms with Gasteiger partial charge in [0.2, 0.25) is 5.96 Å². The van der Waals surface area contributed by atoms with E-state index in [0.29, 0.717) is 6.29 Å². The van der Waals surface area contributed by atoms with Crippen molar-refractivity contribution in [2.45, 2.75) is 0 Å². The molecule has 1 aromatic rings. The molecule has 6 nitrogen and oxygen atoms in total. The lowest BCUT2D eigenvalue weighted by Gasteiger charge is -2.02. The maximum atomic E-state index is 13.3. The molecule has 0 aromatic heterocycles. The lowest BCUT2D eigenvalue weighted by atomic mass is 10.2. The molecule has 0 radical (unpaired) electrons. The summed E-state index contributed by atoms with van der Waals surface area (Å²) in [7, 11) is 0. The van der Waals surface area contributed by atoms with E-state index in [1.807, 2.05) is 0 Å². The predicted octanol–water partition coefficient (Wildman–Crippen LogP) is -0.00310. The molecule has 0 aliphatic heterocycles. The molecule has 0 unspecified atom stereocenters. The van der Waals surface area contributed by atoms with Crippen molar-refractivity contribution in [1.29, 1.82) is 0 Å². The molecule has 0 aliphatic carbocycles. The molecule has 0 heterocycles. The average Bonchev–Trinajstić information content (AvgIpc) is 2.24. The van der Waals surface area contributed by atoms with E-state index in [2.05, 4.69) is 9.98 Å². The van der Waals surface area contributed by atoms with Crippen LogP contribution in [0.25, 0.3) is 0 Å². The topological polar surface area (TPSA) is 120 Å². The Morgan fingerprint density at radius 3 is 2.41 bits per heavy atom. The molecule has 1 rings (SSSR count). The van der Waals surface area contributed by atoms with E-state index >= 15 is 0 Å². The molecule has 0 aliphatic rings. The average molecular weight is 241 g/mol. The first-order valence-corrected chi connectivity index (χ1v) is 4.32. The second-order valence-electron chi connectivity index (χ2n) is 2.92. The number of hydrogen-bond acceptors (Lipinski definition) is 2. The third-order valence-corrected chi connectivity index (χ3v) is 1.70. The van der Waals surface area contributed by atoms with Gasteiger partial charge in [-0.15, -0.1) is 0 Å². The molecule has 17 heavy (non-hydrogen) atoms. The summed E-state index contributed by atoms with van der Waals surface area (Å²) >= 11 is 0. The van der Waals surface area contributed by atoms with Crippen LogP contribution >= 0.6 is 0 Å². The van der Waals surface area contributed by atoms with Gasteiger partial charge in [0.15, 0.2) is 23.9 Å². The highest BCUT2D eigenvalue weighted by molar-refractivity contribution is 5.95. The molecular formula is C9H9F2N5O. The van der Waals surface area contributed by atoms with Gasteiger partial charge in [-0.3, -0.25) is 4.79 Å². The SMILES string of the molecule is NC(N)=NC(N)=Nc1c(C=O)ccc(F)c1F. The Labute approximate surface area is 94.8 Å². The second kappa shape index (κ2) is 5.01. The van der Waals surface area contributed by atoms with Crippen molar-refractivity contribution in [2.24, 2.45) is 27.2 Å². The fourth-order valence-corrected chi connectivity index (χ4v) is 1.04. The Morgan fingerprint density at radius 1 is 1.24 bits per heavy atom. The number of rotatable bonds is 2. The van der Waals surface area contributed by atoms with Crippen molar-refractivity contribution in [3.8, 4) is 0 Å². The van der Waals surface area contributed by atoms with Crippen LogP contribution in [-0.4, -0.2) is 18.2 Å². The summed E-state index contributed by atoms with van der Waals surface area (Å²) in [5.74, 6) is -3.34. The van der Waals surface area contributed by atoms with E-state index < -0.39 is 29.2 Å². The molecular weight excluding hydrogens is 232 g/mol. The summed E-state index contributed by atoms with van der Waals surface area (Å²) in [6.45, 7) is 0. The molecule has 0 bridgehead atoms. The molecule has 0 fully saturated rings. The van der Waals surface area contributed by atoms with Crippen molar-refractivity contribution in [2.75, 3.05) is 0 Å². The quantitative estimate of drug-likeness (QED) is 0.383. The Morgan fingerprint density at radius 2 is 1.88 bits per heavy atom. The summed E-state index contributed by atoms with van der Waals surface area (Å²) in [5.41, 5.74) is 14.6. The minimum Gasteiger partial charge on any atom is -0.370 e. The zero-order valence-electron chi connectivity index (χ0n) is 8.52. The van der Waals surface area contributed by atoms with E-state index in [9.17, 15) is 13.6 Å². The van der Waals surface area contributed by atoms with Crippen LogP contribution in [0.1, 0.15) is 10.4 Å². The Bertz CT molecular complexity index is 508. The van der Waals surface area contributed by atoms with Crippen molar-refractivity contribution < 1.29 is 13.6 Å². The molecule has 0 amide bonds. The number of nitrogens with two attached hydrogens (primary N) is 3. The molecule has 1 aromatic carbocycles. The number of carbonyl (C=O) groups is 1. The number of nitrogens with zero attached hydrogens (tertiary/aromatic N) is 2. The Balaban J connectivity index is 3.35. The lowest BCUT2D eigenvalue weighted by molar-refractivity contribution is 0.112. The number of halogens is 2. The number of guanidine groups is 2. The first-order chi connectivity index (χ1) is 7.95. The Kier molecular flexibility index (Phi) is 3.70. The van der Waals surface area contributed by atoms with Gasteiger partial charge in [-0.05, 0) is 12.1 Å².